The molecule has 4 aliphatic heterocycles. The van der Waals surface area contributed by atoms with Crippen LogP contribution in [0.5, 0.6) is 0 Å². The molecule has 0 aromatic rings. The molecule has 158 valence electrons. The van der Waals surface area contributed by atoms with Crippen LogP contribution in [0, 0.1) is 5.92 Å². The highest BCUT2D eigenvalue weighted by Crippen LogP contribution is 2.38. The molecule has 8 nitrogen and oxygen atoms in total. The van der Waals surface area contributed by atoms with Gasteiger partial charge in [0.15, 0.2) is 0 Å². The molecule has 1 unspecified atom stereocenters. The van der Waals surface area contributed by atoms with Gasteiger partial charge in [-0.05, 0) is 32.1 Å². The quantitative estimate of drug-likeness (QED) is 0.693. The van der Waals surface area contributed by atoms with E-state index in [9.17, 15) is 9.59 Å². The summed E-state index contributed by atoms with van der Waals surface area (Å²) < 4.78 is 16.3. The van der Waals surface area contributed by atoms with E-state index < -0.39 is 0 Å². The molecule has 0 bridgehead atoms. The lowest BCUT2D eigenvalue weighted by Gasteiger charge is -2.43. The van der Waals surface area contributed by atoms with E-state index >= 15 is 0 Å². The standard InChI is InChI=1S/C20H33N3O5/c1-26-13-9-22-14-20(6-12-28-15-20)23(19(22)25)17-2-7-21(8-3-17)18(24)16-4-10-27-11-5-16/h16-17H,2-15H2,1H3. The van der Waals surface area contributed by atoms with Gasteiger partial charge in [0, 0.05) is 65.1 Å². The van der Waals surface area contributed by atoms with Crippen molar-refractivity contribution in [2.45, 2.75) is 43.7 Å². The molecule has 0 N–H and O–H groups in total. The third-order valence-electron chi connectivity index (χ3n) is 6.83. The molecule has 1 spiro atoms. The first-order chi connectivity index (χ1) is 13.6. The molecule has 0 aromatic heterocycles. The third kappa shape index (κ3) is 3.74. The number of hydrogen-bond acceptors (Lipinski definition) is 5. The van der Waals surface area contributed by atoms with Crippen LogP contribution in [0.15, 0.2) is 0 Å². The number of carbonyl (C=O) groups is 2. The lowest BCUT2D eigenvalue weighted by Crippen LogP contribution is -2.56. The molecule has 28 heavy (non-hydrogen) atoms. The second-order valence-corrected chi connectivity index (χ2v) is 8.54. The van der Waals surface area contributed by atoms with Gasteiger partial charge in [0.2, 0.25) is 5.91 Å². The molecular formula is C20H33N3O5. The highest BCUT2D eigenvalue weighted by atomic mass is 16.5. The molecule has 0 saturated carbocycles. The van der Waals surface area contributed by atoms with Crippen molar-refractivity contribution in [3.8, 4) is 0 Å². The molecule has 0 aliphatic carbocycles. The van der Waals surface area contributed by atoms with Crippen LogP contribution >= 0.6 is 0 Å². The van der Waals surface area contributed by atoms with Crippen molar-refractivity contribution in [3.05, 3.63) is 0 Å². The number of likely N-dealkylation sites (tertiary alicyclic amines) is 1. The van der Waals surface area contributed by atoms with Crippen molar-refractivity contribution >= 4 is 11.9 Å². The predicted molar refractivity (Wildman–Crippen MR) is 102 cm³/mol. The lowest BCUT2D eigenvalue weighted by molar-refractivity contribution is -0.140. The summed E-state index contributed by atoms with van der Waals surface area (Å²) in [6, 6.07) is 0.289. The fourth-order valence-electron chi connectivity index (χ4n) is 5.23. The summed E-state index contributed by atoms with van der Waals surface area (Å²) in [5.74, 6) is 0.382. The average Bonchev–Trinajstić information content (AvgIpc) is 3.31. The van der Waals surface area contributed by atoms with Crippen LogP contribution in [0.4, 0.5) is 4.79 Å². The Morgan fingerprint density at radius 3 is 2.54 bits per heavy atom. The van der Waals surface area contributed by atoms with E-state index in [4.69, 9.17) is 14.2 Å². The van der Waals surface area contributed by atoms with Crippen LogP contribution in [0.1, 0.15) is 32.1 Å². The number of nitrogens with zero attached hydrogens (tertiary/aromatic N) is 3. The summed E-state index contributed by atoms with van der Waals surface area (Å²) >= 11 is 0. The SMILES string of the molecule is COCCN1CC2(CCOC2)N(C2CCN(C(=O)C3CCOCC3)CC2)C1=O. The molecule has 3 amide bonds. The number of hydrogen-bond donors (Lipinski definition) is 0. The maximum absolute atomic E-state index is 13.2. The van der Waals surface area contributed by atoms with Crippen LogP contribution in [-0.4, -0.2) is 105 Å². The molecule has 0 radical (unpaired) electrons. The third-order valence-corrected chi connectivity index (χ3v) is 6.83. The van der Waals surface area contributed by atoms with Crippen LogP contribution in [0.3, 0.4) is 0 Å². The first kappa shape index (κ1) is 19.9. The molecular weight excluding hydrogens is 362 g/mol. The predicted octanol–water partition coefficient (Wildman–Crippen LogP) is 0.947. The highest BCUT2D eigenvalue weighted by molar-refractivity contribution is 5.80. The van der Waals surface area contributed by atoms with Crippen molar-refractivity contribution in [2.24, 2.45) is 5.92 Å². The van der Waals surface area contributed by atoms with Crippen LogP contribution < -0.4 is 0 Å². The van der Waals surface area contributed by atoms with E-state index in [1.165, 1.54) is 0 Å². The van der Waals surface area contributed by atoms with Gasteiger partial charge >= 0.3 is 6.03 Å². The molecule has 4 rings (SSSR count). The Balaban J connectivity index is 1.39. The largest absolute Gasteiger partial charge is 0.383 e. The van der Waals surface area contributed by atoms with Crippen LogP contribution in [0.2, 0.25) is 0 Å². The van der Waals surface area contributed by atoms with Gasteiger partial charge in [-0.3, -0.25) is 4.79 Å². The summed E-state index contributed by atoms with van der Waals surface area (Å²) in [6.07, 6.45) is 4.25. The van der Waals surface area contributed by atoms with Crippen LogP contribution in [-0.2, 0) is 19.0 Å². The normalized spacial score (nSPS) is 30.0. The zero-order valence-electron chi connectivity index (χ0n) is 16.9. The van der Waals surface area contributed by atoms with Gasteiger partial charge in [-0.1, -0.05) is 0 Å². The maximum atomic E-state index is 13.2. The Labute approximate surface area is 167 Å². The zero-order chi connectivity index (χ0) is 19.6. The molecule has 4 saturated heterocycles. The molecule has 4 fully saturated rings. The van der Waals surface area contributed by atoms with Gasteiger partial charge < -0.3 is 28.9 Å². The first-order valence-electron chi connectivity index (χ1n) is 10.7. The van der Waals surface area contributed by atoms with Gasteiger partial charge in [-0.25, -0.2) is 4.79 Å². The van der Waals surface area contributed by atoms with Crippen molar-refractivity contribution < 1.29 is 23.8 Å². The summed E-state index contributed by atoms with van der Waals surface area (Å²) in [5, 5.41) is 0. The summed E-state index contributed by atoms with van der Waals surface area (Å²) in [6.45, 7) is 6.06. The Hall–Kier alpha value is -1.38. The smallest absolute Gasteiger partial charge is 0.321 e. The molecule has 1 atom stereocenters. The van der Waals surface area contributed by atoms with Crippen molar-refractivity contribution in [1.82, 2.24) is 14.7 Å². The van der Waals surface area contributed by atoms with Gasteiger partial charge in [-0.2, -0.15) is 0 Å². The summed E-state index contributed by atoms with van der Waals surface area (Å²) in [5.41, 5.74) is -0.206. The van der Waals surface area contributed by atoms with E-state index in [1.807, 2.05) is 9.80 Å². The van der Waals surface area contributed by atoms with Gasteiger partial charge in [0.05, 0.1) is 18.8 Å². The highest BCUT2D eigenvalue weighted by Gasteiger charge is 2.54. The van der Waals surface area contributed by atoms with E-state index in [1.54, 1.807) is 7.11 Å². The zero-order valence-corrected chi connectivity index (χ0v) is 16.9. The fourth-order valence-corrected chi connectivity index (χ4v) is 5.23. The topological polar surface area (TPSA) is 71.6 Å². The van der Waals surface area contributed by atoms with Gasteiger partial charge in [0.25, 0.3) is 0 Å². The number of piperidine rings is 1. The molecule has 4 heterocycles. The minimum Gasteiger partial charge on any atom is -0.383 e. The Morgan fingerprint density at radius 2 is 1.89 bits per heavy atom. The van der Waals surface area contributed by atoms with E-state index in [0.29, 0.717) is 39.6 Å². The first-order valence-corrected chi connectivity index (χ1v) is 10.7. The van der Waals surface area contributed by atoms with E-state index in [2.05, 4.69) is 4.90 Å². The fraction of sp³-hybridized carbons (Fsp3) is 0.900. The Morgan fingerprint density at radius 1 is 1.14 bits per heavy atom. The van der Waals surface area contributed by atoms with Crippen molar-refractivity contribution in [1.29, 1.82) is 0 Å². The summed E-state index contributed by atoms with van der Waals surface area (Å²) in [4.78, 5) is 32.0. The number of ether oxygens (including phenoxy) is 3. The number of carbonyl (C=O) groups excluding carboxylic acids is 2. The monoisotopic (exact) mass is 395 g/mol. The van der Waals surface area contributed by atoms with E-state index in [-0.39, 0.29) is 29.4 Å². The van der Waals surface area contributed by atoms with Gasteiger partial charge in [0.1, 0.15) is 0 Å². The van der Waals surface area contributed by atoms with Crippen LogP contribution in [0.25, 0.3) is 0 Å². The number of rotatable bonds is 5. The van der Waals surface area contributed by atoms with Gasteiger partial charge in [-0.15, -0.1) is 0 Å². The minimum absolute atomic E-state index is 0.108. The second kappa shape index (κ2) is 8.55. The Bertz CT molecular complexity index is 566. The molecule has 4 aliphatic rings. The van der Waals surface area contributed by atoms with Crippen molar-refractivity contribution in [2.75, 3.05) is 66.3 Å². The summed E-state index contributed by atoms with van der Waals surface area (Å²) in [7, 11) is 1.66. The molecule has 0 aromatic carbocycles. The Kier molecular flexibility index (Phi) is 6.08. The number of methoxy groups -OCH3 is 1. The van der Waals surface area contributed by atoms with E-state index in [0.717, 1.165) is 51.7 Å². The van der Waals surface area contributed by atoms with Crippen molar-refractivity contribution in [3.63, 3.8) is 0 Å². The number of urea groups is 1. The number of amides is 3. The maximum Gasteiger partial charge on any atom is 0.321 e. The average molecular weight is 396 g/mol. The minimum atomic E-state index is -0.206. The molecule has 8 heteroatoms. The second-order valence-electron chi connectivity index (χ2n) is 8.54. The lowest BCUT2D eigenvalue weighted by atomic mass is 9.92.